The van der Waals surface area contributed by atoms with Crippen molar-refractivity contribution in [3.8, 4) is 0 Å². The molecule has 1 aromatic heterocycles. The largest absolute Gasteiger partial charge is 0.398 e. The van der Waals surface area contributed by atoms with Crippen molar-refractivity contribution in [2.24, 2.45) is 17.8 Å². The summed E-state index contributed by atoms with van der Waals surface area (Å²) in [4.78, 5) is 15.0. The van der Waals surface area contributed by atoms with Gasteiger partial charge in [0.1, 0.15) is 0 Å². The topological polar surface area (TPSA) is 58.9 Å². The smallest absolute Gasteiger partial charge is 0.251 e. The molecule has 0 atom stereocenters. The molecule has 96 valence electrons. The van der Waals surface area contributed by atoms with Gasteiger partial charge in [-0.15, -0.1) is 0 Å². The highest BCUT2D eigenvalue weighted by Gasteiger charge is 2.52. The molecule has 5 rings (SSSR count). The maximum Gasteiger partial charge on any atom is 0.251 e. The second-order valence-electron chi connectivity index (χ2n) is 6.87. The summed E-state index contributed by atoms with van der Waals surface area (Å²) in [6, 6.07) is 1.94. The first-order valence-corrected chi connectivity index (χ1v) is 7.13. The minimum atomic E-state index is 0.0890. The third-order valence-corrected chi connectivity index (χ3v) is 5.54. The molecule has 0 aromatic carbocycles. The lowest BCUT2D eigenvalue weighted by atomic mass is 9.48. The normalized spacial score (nSPS) is 41.2. The summed E-state index contributed by atoms with van der Waals surface area (Å²) in [6.45, 7) is 0. The van der Waals surface area contributed by atoms with E-state index in [1.807, 2.05) is 6.07 Å². The average Bonchev–Trinajstić information content (AvgIpc) is 2.30. The summed E-state index contributed by atoms with van der Waals surface area (Å²) in [5.74, 6) is 2.58. The summed E-state index contributed by atoms with van der Waals surface area (Å²) < 4.78 is 0. The molecular weight excluding hydrogens is 224 g/mol. The number of aromatic nitrogens is 1. The molecule has 0 radical (unpaired) electrons. The van der Waals surface area contributed by atoms with Gasteiger partial charge < -0.3 is 10.7 Å². The third kappa shape index (κ3) is 1.39. The molecule has 4 saturated carbocycles. The number of aromatic amines is 1. The van der Waals surface area contributed by atoms with Crippen molar-refractivity contribution in [3.05, 3.63) is 28.2 Å². The van der Waals surface area contributed by atoms with E-state index in [9.17, 15) is 4.79 Å². The Labute approximate surface area is 107 Å². The van der Waals surface area contributed by atoms with Crippen molar-refractivity contribution in [1.82, 2.24) is 4.98 Å². The summed E-state index contributed by atoms with van der Waals surface area (Å²) in [5, 5.41) is 0. The van der Waals surface area contributed by atoms with Gasteiger partial charge in [-0.3, -0.25) is 4.79 Å². The van der Waals surface area contributed by atoms with Gasteiger partial charge in [0.05, 0.1) is 0 Å². The van der Waals surface area contributed by atoms with Gasteiger partial charge in [0.2, 0.25) is 0 Å². The molecule has 0 aliphatic heterocycles. The summed E-state index contributed by atoms with van der Waals surface area (Å²) >= 11 is 0. The number of pyridine rings is 1. The van der Waals surface area contributed by atoms with Crippen LogP contribution in [-0.4, -0.2) is 4.98 Å². The first kappa shape index (κ1) is 10.7. The van der Waals surface area contributed by atoms with Crippen LogP contribution in [0.5, 0.6) is 0 Å². The number of anilines is 1. The quantitative estimate of drug-likeness (QED) is 0.797. The van der Waals surface area contributed by atoms with E-state index in [2.05, 4.69) is 4.98 Å². The van der Waals surface area contributed by atoms with Crippen LogP contribution < -0.4 is 11.3 Å². The third-order valence-electron chi connectivity index (χ3n) is 5.54. The van der Waals surface area contributed by atoms with E-state index < -0.39 is 0 Å². The lowest BCUT2D eigenvalue weighted by Crippen LogP contribution is -2.50. The molecule has 4 fully saturated rings. The molecule has 4 aliphatic carbocycles. The molecule has 4 bridgehead atoms. The van der Waals surface area contributed by atoms with Gasteiger partial charge in [-0.05, 0) is 62.3 Å². The summed E-state index contributed by atoms with van der Waals surface area (Å²) in [7, 11) is 0. The number of H-pyrrole nitrogens is 1. The molecule has 0 unspecified atom stereocenters. The maximum absolute atomic E-state index is 12.2. The van der Waals surface area contributed by atoms with Gasteiger partial charge >= 0.3 is 0 Å². The lowest BCUT2D eigenvalue weighted by molar-refractivity contribution is -0.00580. The predicted octanol–water partition coefficient (Wildman–Crippen LogP) is 2.42. The number of hydrogen-bond donors (Lipinski definition) is 2. The minimum Gasteiger partial charge on any atom is -0.398 e. The van der Waals surface area contributed by atoms with Crippen LogP contribution in [0, 0.1) is 17.8 Å². The Bertz CT molecular complexity index is 510. The van der Waals surface area contributed by atoms with E-state index in [1.165, 1.54) is 38.5 Å². The number of hydrogen-bond acceptors (Lipinski definition) is 2. The number of nitrogens with two attached hydrogens (primary N) is 1. The van der Waals surface area contributed by atoms with Crippen LogP contribution in [-0.2, 0) is 5.41 Å². The van der Waals surface area contributed by atoms with Crippen molar-refractivity contribution in [2.45, 2.75) is 43.9 Å². The van der Waals surface area contributed by atoms with Crippen LogP contribution in [0.15, 0.2) is 17.1 Å². The zero-order chi connectivity index (χ0) is 12.3. The fourth-order valence-electron chi connectivity index (χ4n) is 5.33. The molecule has 1 aromatic rings. The Balaban J connectivity index is 1.84. The van der Waals surface area contributed by atoms with Gasteiger partial charge in [0.25, 0.3) is 5.56 Å². The Morgan fingerprint density at radius 1 is 1.11 bits per heavy atom. The second kappa shape index (κ2) is 3.40. The van der Waals surface area contributed by atoms with Crippen LogP contribution in [0.3, 0.4) is 0 Å². The molecule has 3 nitrogen and oxygen atoms in total. The Hall–Kier alpha value is -1.25. The number of rotatable bonds is 1. The van der Waals surface area contributed by atoms with E-state index in [4.69, 9.17) is 5.73 Å². The average molecular weight is 244 g/mol. The van der Waals surface area contributed by atoms with E-state index in [-0.39, 0.29) is 11.0 Å². The molecule has 3 heteroatoms. The number of nitrogen functional groups attached to an aromatic ring is 1. The summed E-state index contributed by atoms with van der Waals surface area (Å²) in [5.41, 5.74) is 7.78. The maximum atomic E-state index is 12.2. The van der Waals surface area contributed by atoms with Crippen molar-refractivity contribution in [2.75, 3.05) is 5.73 Å². The van der Waals surface area contributed by atoms with Crippen molar-refractivity contribution < 1.29 is 0 Å². The van der Waals surface area contributed by atoms with Gasteiger partial charge in [0.15, 0.2) is 0 Å². The Morgan fingerprint density at radius 2 is 1.67 bits per heavy atom. The van der Waals surface area contributed by atoms with Crippen molar-refractivity contribution in [1.29, 1.82) is 0 Å². The first-order chi connectivity index (χ1) is 8.64. The molecule has 3 N–H and O–H groups in total. The lowest BCUT2D eigenvalue weighted by Gasteiger charge is -2.56. The molecule has 0 amide bonds. The Kier molecular flexibility index (Phi) is 2.01. The van der Waals surface area contributed by atoms with E-state index in [1.54, 1.807) is 6.20 Å². The molecule has 0 spiro atoms. The SMILES string of the molecule is Nc1c[nH]c(=O)c(C23CC4CC(CC(C4)C2)C3)c1. The summed E-state index contributed by atoms with van der Waals surface area (Å²) in [6.07, 6.45) is 9.47. The van der Waals surface area contributed by atoms with Gasteiger partial charge in [-0.2, -0.15) is 0 Å². The van der Waals surface area contributed by atoms with Gasteiger partial charge in [-0.25, -0.2) is 0 Å². The standard InChI is InChI=1S/C15H20N2O/c16-12-4-13(14(18)17-8-12)15-5-9-1-10(6-15)3-11(2-9)7-15/h4,8-11H,1-3,5-7,16H2,(H,17,18). The molecule has 4 aliphatic rings. The van der Waals surface area contributed by atoms with Crippen LogP contribution in [0.2, 0.25) is 0 Å². The van der Waals surface area contributed by atoms with E-state index >= 15 is 0 Å². The van der Waals surface area contributed by atoms with Crippen LogP contribution in [0.1, 0.15) is 44.1 Å². The van der Waals surface area contributed by atoms with E-state index in [0.717, 1.165) is 23.3 Å². The fraction of sp³-hybridized carbons (Fsp3) is 0.667. The van der Waals surface area contributed by atoms with Crippen molar-refractivity contribution >= 4 is 5.69 Å². The van der Waals surface area contributed by atoms with Crippen LogP contribution in [0.4, 0.5) is 5.69 Å². The van der Waals surface area contributed by atoms with Crippen LogP contribution in [0.25, 0.3) is 0 Å². The molecule has 1 heterocycles. The number of nitrogens with one attached hydrogen (secondary N) is 1. The van der Waals surface area contributed by atoms with Gasteiger partial charge in [0, 0.05) is 22.9 Å². The first-order valence-electron chi connectivity index (χ1n) is 7.13. The second-order valence-corrected chi connectivity index (χ2v) is 6.87. The van der Waals surface area contributed by atoms with Gasteiger partial charge in [-0.1, -0.05) is 0 Å². The molecular formula is C15H20N2O. The fourth-order valence-corrected chi connectivity index (χ4v) is 5.33. The van der Waals surface area contributed by atoms with Crippen LogP contribution >= 0.6 is 0 Å². The molecule has 0 saturated heterocycles. The Morgan fingerprint density at radius 3 is 2.22 bits per heavy atom. The highest BCUT2D eigenvalue weighted by Crippen LogP contribution is 2.60. The van der Waals surface area contributed by atoms with E-state index in [0.29, 0.717) is 5.69 Å². The zero-order valence-corrected chi connectivity index (χ0v) is 10.6. The zero-order valence-electron chi connectivity index (χ0n) is 10.6. The minimum absolute atomic E-state index is 0.0890. The highest BCUT2D eigenvalue weighted by atomic mass is 16.1. The van der Waals surface area contributed by atoms with Crippen molar-refractivity contribution in [3.63, 3.8) is 0 Å². The molecule has 18 heavy (non-hydrogen) atoms. The monoisotopic (exact) mass is 244 g/mol. The predicted molar refractivity (Wildman–Crippen MR) is 71.3 cm³/mol. The highest BCUT2D eigenvalue weighted by molar-refractivity contribution is 5.41.